The Hall–Kier alpha value is -3.17. The summed E-state index contributed by atoms with van der Waals surface area (Å²) in [7, 11) is 0. The summed E-state index contributed by atoms with van der Waals surface area (Å²) in [6.07, 6.45) is 1.46. The summed E-state index contributed by atoms with van der Waals surface area (Å²) in [4.78, 5) is 24.3. The highest BCUT2D eigenvalue weighted by molar-refractivity contribution is 9.11. The number of ether oxygens (including phenoxy) is 1. The third-order valence-corrected chi connectivity index (χ3v) is 5.38. The average molecular weight is 561 g/mol. The van der Waals surface area contributed by atoms with Gasteiger partial charge in [0.25, 0.3) is 11.8 Å². The Kier molecular flexibility index (Phi) is 8.02. The van der Waals surface area contributed by atoms with Crippen LogP contribution in [0.5, 0.6) is 11.5 Å². The quantitative estimate of drug-likeness (QED) is 0.279. The summed E-state index contributed by atoms with van der Waals surface area (Å²) in [5, 5.41) is 16.7. The number of benzene rings is 3. The van der Waals surface area contributed by atoms with Gasteiger partial charge in [0.2, 0.25) is 0 Å². The van der Waals surface area contributed by atoms with Gasteiger partial charge in [-0.2, -0.15) is 5.10 Å². The fourth-order valence-corrected chi connectivity index (χ4v) is 3.89. The Morgan fingerprint density at radius 1 is 1.09 bits per heavy atom. The van der Waals surface area contributed by atoms with Gasteiger partial charge in [0.05, 0.1) is 16.3 Å². The Balaban J connectivity index is 1.51. The zero-order valence-electron chi connectivity index (χ0n) is 16.9. The number of hydrogen-bond acceptors (Lipinski definition) is 5. The number of aryl methyl sites for hydroxylation is 1. The molecule has 0 saturated carbocycles. The molecule has 0 spiro atoms. The van der Waals surface area contributed by atoms with Crippen LogP contribution in [0.15, 0.2) is 74.7 Å². The fourth-order valence-electron chi connectivity index (χ4n) is 2.66. The first-order chi connectivity index (χ1) is 15.3. The molecule has 0 fully saturated rings. The Morgan fingerprint density at radius 3 is 2.53 bits per heavy atom. The number of amides is 2. The number of para-hydroxylation sites is 1. The highest BCUT2D eigenvalue weighted by Crippen LogP contribution is 2.31. The van der Waals surface area contributed by atoms with Crippen LogP contribution in [0.3, 0.4) is 0 Å². The minimum atomic E-state index is -0.555. The van der Waals surface area contributed by atoms with Gasteiger partial charge in [-0.25, -0.2) is 5.43 Å². The molecule has 0 unspecified atom stereocenters. The van der Waals surface area contributed by atoms with Crippen LogP contribution in [-0.2, 0) is 4.79 Å². The van der Waals surface area contributed by atoms with Crippen molar-refractivity contribution in [3.05, 3.63) is 86.3 Å². The van der Waals surface area contributed by atoms with Crippen molar-refractivity contribution in [2.45, 2.75) is 6.92 Å². The zero-order chi connectivity index (χ0) is 23.1. The van der Waals surface area contributed by atoms with Crippen LogP contribution < -0.4 is 15.5 Å². The molecule has 0 bridgehead atoms. The molecule has 0 aromatic heterocycles. The maximum atomic E-state index is 12.2. The van der Waals surface area contributed by atoms with E-state index in [0.29, 0.717) is 20.3 Å². The third-order valence-electron chi connectivity index (χ3n) is 4.32. The molecule has 0 atom stereocenters. The largest absolute Gasteiger partial charge is 0.506 e. The number of nitrogens with one attached hydrogen (secondary N) is 2. The average Bonchev–Trinajstić information content (AvgIpc) is 2.77. The van der Waals surface area contributed by atoms with Gasteiger partial charge in [-0.1, -0.05) is 34.1 Å². The van der Waals surface area contributed by atoms with Gasteiger partial charge in [0, 0.05) is 10.2 Å². The summed E-state index contributed by atoms with van der Waals surface area (Å²) in [6, 6.07) is 17.5. The van der Waals surface area contributed by atoms with Crippen molar-refractivity contribution < 1.29 is 19.4 Å². The first-order valence-electron chi connectivity index (χ1n) is 9.43. The molecule has 2 amide bonds. The van der Waals surface area contributed by atoms with Crippen LogP contribution in [0.2, 0.25) is 0 Å². The molecule has 164 valence electrons. The molecule has 9 heteroatoms. The van der Waals surface area contributed by atoms with Gasteiger partial charge in [-0.05, 0) is 76.4 Å². The lowest BCUT2D eigenvalue weighted by Crippen LogP contribution is -2.20. The number of anilines is 1. The summed E-state index contributed by atoms with van der Waals surface area (Å²) in [6.45, 7) is 1.79. The lowest BCUT2D eigenvalue weighted by atomic mass is 10.2. The van der Waals surface area contributed by atoms with E-state index in [1.54, 1.807) is 30.3 Å². The van der Waals surface area contributed by atoms with Gasteiger partial charge in [-0.3, -0.25) is 9.59 Å². The predicted molar refractivity (Wildman–Crippen MR) is 130 cm³/mol. The number of aromatic hydroxyl groups is 1. The molecule has 0 aliphatic heterocycles. The van der Waals surface area contributed by atoms with Crippen molar-refractivity contribution in [3.63, 3.8) is 0 Å². The first-order valence-corrected chi connectivity index (χ1v) is 11.0. The summed E-state index contributed by atoms with van der Waals surface area (Å²) in [5.41, 5.74) is 4.88. The summed E-state index contributed by atoms with van der Waals surface area (Å²) in [5.74, 6) is -0.459. The van der Waals surface area contributed by atoms with E-state index >= 15 is 0 Å². The monoisotopic (exact) mass is 559 g/mol. The van der Waals surface area contributed by atoms with E-state index < -0.39 is 5.91 Å². The minimum absolute atomic E-state index is 0.0797. The van der Waals surface area contributed by atoms with E-state index in [9.17, 15) is 14.7 Å². The van der Waals surface area contributed by atoms with E-state index in [4.69, 9.17) is 4.74 Å². The number of hydrogen-bond donors (Lipinski definition) is 3. The molecule has 3 rings (SSSR count). The Bertz CT molecular complexity index is 1160. The second-order valence-corrected chi connectivity index (χ2v) is 8.47. The normalized spacial score (nSPS) is 10.7. The highest BCUT2D eigenvalue weighted by atomic mass is 79.9. The summed E-state index contributed by atoms with van der Waals surface area (Å²) >= 11 is 6.45. The van der Waals surface area contributed by atoms with Crippen LogP contribution in [0.4, 0.5) is 5.69 Å². The molecular weight excluding hydrogens is 542 g/mol. The van der Waals surface area contributed by atoms with Gasteiger partial charge in [0.15, 0.2) is 6.61 Å². The molecule has 3 aromatic rings. The lowest BCUT2D eigenvalue weighted by Gasteiger charge is -2.09. The predicted octanol–water partition coefficient (Wildman–Crippen LogP) is 5.01. The number of halogens is 2. The van der Waals surface area contributed by atoms with Crippen LogP contribution in [0, 0.1) is 6.92 Å². The summed E-state index contributed by atoms with van der Waals surface area (Å²) < 4.78 is 6.54. The first kappa shape index (κ1) is 23.5. The number of nitrogens with zero attached hydrogens (tertiary/aromatic N) is 1. The minimum Gasteiger partial charge on any atom is -0.506 e. The maximum absolute atomic E-state index is 12.2. The van der Waals surface area contributed by atoms with Crippen molar-refractivity contribution in [1.29, 1.82) is 0 Å². The van der Waals surface area contributed by atoms with Crippen LogP contribution in [0.1, 0.15) is 21.5 Å². The van der Waals surface area contributed by atoms with Crippen molar-refractivity contribution in [3.8, 4) is 11.5 Å². The molecule has 7 nitrogen and oxygen atoms in total. The molecule has 3 N–H and O–H groups in total. The second-order valence-electron chi connectivity index (χ2n) is 6.70. The molecule has 0 aliphatic carbocycles. The topological polar surface area (TPSA) is 100 Å². The van der Waals surface area contributed by atoms with Gasteiger partial charge >= 0.3 is 0 Å². The number of phenols is 1. The number of hydrazone groups is 1. The Labute approximate surface area is 201 Å². The van der Waals surface area contributed by atoms with Gasteiger partial charge in [-0.15, -0.1) is 0 Å². The van der Waals surface area contributed by atoms with Crippen LogP contribution in [0.25, 0.3) is 0 Å². The van der Waals surface area contributed by atoms with Crippen LogP contribution in [-0.4, -0.2) is 29.7 Å². The highest BCUT2D eigenvalue weighted by Gasteiger charge is 2.14. The van der Waals surface area contributed by atoms with Crippen LogP contribution >= 0.6 is 31.9 Å². The molecule has 0 radical (unpaired) electrons. The smallest absolute Gasteiger partial charge is 0.275 e. The number of carbonyl (C=O) groups is 2. The standard InChI is InChI=1S/C23H19Br2N3O4/c1-14-4-2-3-5-20(14)27-21(29)13-32-17-8-6-15(7-9-17)12-26-28-23(31)18-10-16(24)11-19(25)22(18)30/h2-12,30H,13H2,1H3,(H,27,29)(H,28,31)/b26-12-. The molecule has 32 heavy (non-hydrogen) atoms. The maximum Gasteiger partial charge on any atom is 0.275 e. The number of carbonyl (C=O) groups excluding carboxylic acids is 2. The molecule has 3 aromatic carbocycles. The van der Waals surface area contributed by atoms with E-state index in [0.717, 1.165) is 11.3 Å². The Morgan fingerprint density at radius 2 is 1.81 bits per heavy atom. The van der Waals surface area contributed by atoms with E-state index in [-0.39, 0.29) is 23.8 Å². The lowest BCUT2D eigenvalue weighted by molar-refractivity contribution is -0.118. The molecular formula is C23H19Br2N3O4. The van der Waals surface area contributed by atoms with E-state index in [2.05, 4.69) is 47.7 Å². The molecule has 0 saturated heterocycles. The van der Waals surface area contributed by atoms with Gasteiger partial charge in [0.1, 0.15) is 11.5 Å². The molecule has 0 heterocycles. The fraction of sp³-hybridized carbons (Fsp3) is 0.0870. The number of phenolic OH excluding ortho intramolecular Hbond substituents is 1. The van der Waals surface area contributed by atoms with E-state index in [1.807, 2.05) is 31.2 Å². The SMILES string of the molecule is Cc1ccccc1NC(=O)COc1ccc(/C=N\NC(=O)c2cc(Br)cc(Br)c2O)cc1. The molecule has 0 aliphatic rings. The van der Waals surface area contributed by atoms with E-state index in [1.165, 1.54) is 12.3 Å². The van der Waals surface area contributed by atoms with Crippen molar-refractivity contribution in [2.24, 2.45) is 5.10 Å². The van der Waals surface area contributed by atoms with Crippen molar-refractivity contribution in [1.82, 2.24) is 5.43 Å². The van der Waals surface area contributed by atoms with Crippen molar-refractivity contribution in [2.75, 3.05) is 11.9 Å². The van der Waals surface area contributed by atoms with Gasteiger partial charge < -0.3 is 15.2 Å². The second kappa shape index (κ2) is 10.9. The number of rotatable bonds is 7. The van der Waals surface area contributed by atoms with Crippen molar-refractivity contribution >= 4 is 55.6 Å². The zero-order valence-corrected chi connectivity index (χ0v) is 20.1. The third kappa shape index (κ3) is 6.41.